The molecule has 1 aromatic carbocycles. The Labute approximate surface area is 230 Å². The molecule has 2 aromatic rings. The SMILES string of the molecule is CC.COC(CCn1cc(C)c(=O)[nH]c1=O)C(O)(O)OP1OCc2c(F)c(C(C)(C)C)cc(C(C)(C)C)c2O1. The molecule has 0 amide bonds. The summed E-state index contributed by atoms with van der Waals surface area (Å²) in [6, 6.07) is 1.78. The molecule has 2 unspecified atom stereocenters. The molecule has 1 aliphatic heterocycles. The molecule has 2 atom stereocenters. The Kier molecular flexibility index (Phi) is 10.7. The van der Waals surface area contributed by atoms with Gasteiger partial charge in [0.05, 0.1) is 12.2 Å². The molecule has 10 nitrogen and oxygen atoms in total. The average Bonchev–Trinajstić information content (AvgIpc) is 2.82. The maximum absolute atomic E-state index is 15.5. The first-order valence-electron chi connectivity index (χ1n) is 12.9. The van der Waals surface area contributed by atoms with Gasteiger partial charge in [-0.05, 0) is 35.8 Å². The van der Waals surface area contributed by atoms with Crippen LogP contribution in [0.15, 0.2) is 21.9 Å². The van der Waals surface area contributed by atoms with Crippen LogP contribution in [0.3, 0.4) is 0 Å². The van der Waals surface area contributed by atoms with Gasteiger partial charge in [-0.2, -0.15) is 0 Å². The Balaban J connectivity index is 0.00000260. The van der Waals surface area contributed by atoms with Crippen LogP contribution in [0.4, 0.5) is 4.39 Å². The van der Waals surface area contributed by atoms with E-state index in [-0.39, 0.29) is 30.9 Å². The van der Waals surface area contributed by atoms with Crippen LogP contribution < -0.4 is 15.8 Å². The molecule has 12 heteroatoms. The summed E-state index contributed by atoms with van der Waals surface area (Å²) < 4.78 is 38.7. The number of aryl methyl sites for hydroxylation is 2. The number of methoxy groups -OCH3 is 1. The maximum Gasteiger partial charge on any atom is 0.402 e. The van der Waals surface area contributed by atoms with Gasteiger partial charge in [-0.15, -0.1) is 0 Å². The summed E-state index contributed by atoms with van der Waals surface area (Å²) in [6.07, 6.45) is -0.00999. The van der Waals surface area contributed by atoms with Crippen molar-refractivity contribution in [1.82, 2.24) is 9.55 Å². The van der Waals surface area contributed by atoms with Crippen molar-refractivity contribution in [3.05, 3.63) is 61.2 Å². The van der Waals surface area contributed by atoms with Gasteiger partial charge in [-0.3, -0.25) is 14.3 Å². The highest BCUT2D eigenvalue weighted by Crippen LogP contribution is 2.54. The number of aromatic amines is 1. The predicted molar refractivity (Wildman–Crippen MR) is 147 cm³/mol. The first-order chi connectivity index (χ1) is 18.0. The summed E-state index contributed by atoms with van der Waals surface area (Å²) in [5.74, 6) is -3.03. The molecule has 0 bridgehead atoms. The van der Waals surface area contributed by atoms with Crippen molar-refractivity contribution in [3.63, 3.8) is 0 Å². The lowest BCUT2D eigenvalue weighted by Gasteiger charge is -2.36. The molecule has 0 radical (unpaired) electrons. The number of aromatic nitrogens is 2. The van der Waals surface area contributed by atoms with Crippen LogP contribution in [-0.4, -0.2) is 39.0 Å². The number of rotatable bonds is 7. The second kappa shape index (κ2) is 12.6. The minimum atomic E-state index is -2.86. The molecule has 0 saturated heterocycles. The van der Waals surface area contributed by atoms with Crippen molar-refractivity contribution < 1.29 is 32.9 Å². The van der Waals surface area contributed by atoms with Crippen molar-refractivity contribution in [1.29, 1.82) is 0 Å². The Morgan fingerprint density at radius 3 is 2.26 bits per heavy atom. The fourth-order valence-electron chi connectivity index (χ4n) is 3.97. The molecular formula is C27H42FN2O8P. The van der Waals surface area contributed by atoms with Crippen molar-refractivity contribution in [2.24, 2.45) is 0 Å². The third-order valence-electron chi connectivity index (χ3n) is 6.14. The summed E-state index contributed by atoms with van der Waals surface area (Å²) >= 11 is 0. The molecule has 0 fully saturated rings. The van der Waals surface area contributed by atoms with E-state index in [0.29, 0.717) is 11.1 Å². The van der Waals surface area contributed by atoms with Crippen molar-refractivity contribution in [2.45, 2.75) is 105 Å². The maximum atomic E-state index is 15.5. The minimum Gasteiger partial charge on any atom is -0.426 e. The number of nitrogens with zero attached hydrogens (tertiary/aromatic N) is 1. The summed E-state index contributed by atoms with van der Waals surface area (Å²) in [5, 5.41) is 21.4. The summed E-state index contributed by atoms with van der Waals surface area (Å²) in [5.41, 5.74) is -0.165. The molecule has 220 valence electrons. The molecule has 0 aliphatic carbocycles. The van der Waals surface area contributed by atoms with Gasteiger partial charge in [0, 0.05) is 31.0 Å². The lowest BCUT2D eigenvalue weighted by molar-refractivity contribution is -0.345. The zero-order valence-electron chi connectivity index (χ0n) is 24.5. The average molecular weight is 573 g/mol. The number of nitrogens with one attached hydrogen (secondary N) is 1. The van der Waals surface area contributed by atoms with Crippen LogP contribution in [0.1, 0.15) is 84.1 Å². The monoisotopic (exact) mass is 572 g/mol. The van der Waals surface area contributed by atoms with E-state index in [1.165, 1.54) is 17.9 Å². The van der Waals surface area contributed by atoms with Gasteiger partial charge in [0.15, 0.2) is 0 Å². The summed E-state index contributed by atoms with van der Waals surface area (Å²) in [7, 11) is -1.09. The van der Waals surface area contributed by atoms with E-state index in [1.807, 2.05) is 55.4 Å². The van der Waals surface area contributed by atoms with Gasteiger partial charge in [0.2, 0.25) is 0 Å². The molecular weight excluding hydrogens is 530 g/mol. The number of hydrogen-bond acceptors (Lipinski definition) is 8. The van der Waals surface area contributed by atoms with Gasteiger partial charge in [-0.1, -0.05) is 55.4 Å². The molecule has 2 heterocycles. The smallest absolute Gasteiger partial charge is 0.402 e. The first-order valence-corrected chi connectivity index (χ1v) is 14.0. The molecule has 3 rings (SSSR count). The second-order valence-corrected chi connectivity index (χ2v) is 12.3. The zero-order chi connectivity index (χ0) is 29.9. The van der Waals surface area contributed by atoms with Crippen LogP contribution in [-0.2, 0) is 37.8 Å². The van der Waals surface area contributed by atoms with E-state index in [1.54, 1.807) is 13.0 Å². The van der Waals surface area contributed by atoms with E-state index in [0.717, 1.165) is 5.56 Å². The second-order valence-electron chi connectivity index (χ2n) is 11.2. The van der Waals surface area contributed by atoms with E-state index in [4.69, 9.17) is 18.3 Å². The highest BCUT2D eigenvalue weighted by Gasteiger charge is 2.44. The quantitative estimate of drug-likeness (QED) is 0.326. The fraction of sp³-hybridized carbons (Fsp3) is 0.630. The Bertz CT molecular complexity index is 1260. The van der Waals surface area contributed by atoms with E-state index in [2.05, 4.69) is 4.98 Å². The predicted octanol–water partition coefficient (Wildman–Crippen LogP) is 4.50. The number of ether oxygens (including phenoxy) is 1. The van der Waals surface area contributed by atoms with Crippen LogP contribution in [0, 0.1) is 12.7 Å². The normalized spacial score (nSPS) is 16.6. The van der Waals surface area contributed by atoms with Crippen molar-refractivity contribution in [2.75, 3.05) is 7.11 Å². The first kappa shape index (κ1) is 33.1. The lowest BCUT2D eigenvalue weighted by atomic mass is 9.78. The number of fused-ring (bicyclic) bond motifs is 1. The number of H-pyrrole nitrogens is 1. The number of benzene rings is 1. The van der Waals surface area contributed by atoms with E-state index in [9.17, 15) is 19.8 Å². The number of hydrogen-bond donors (Lipinski definition) is 3. The highest BCUT2D eigenvalue weighted by atomic mass is 31.2. The number of aliphatic hydroxyl groups is 2. The van der Waals surface area contributed by atoms with Gasteiger partial charge >= 0.3 is 20.3 Å². The molecule has 0 spiro atoms. The topological polar surface area (TPSA) is 132 Å². The molecule has 1 aromatic heterocycles. The fourth-order valence-corrected chi connectivity index (χ4v) is 5.04. The Morgan fingerprint density at radius 1 is 1.13 bits per heavy atom. The van der Waals surface area contributed by atoms with Crippen LogP contribution in [0.25, 0.3) is 0 Å². The van der Waals surface area contributed by atoms with Crippen molar-refractivity contribution >= 4 is 8.60 Å². The van der Waals surface area contributed by atoms with Crippen molar-refractivity contribution in [3.8, 4) is 5.75 Å². The molecule has 1 aliphatic rings. The van der Waals surface area contributed by atoms with Gasteiger partial charge in [0.25, 0.3) is 5.56 Å². The Morgan fingerprint density at radius 2 is 1.72 bits per heavy atom. The molecule has 39 heavy (non-hydrogen) atoms. The largest absolute Gasteiger partial charge is 0.426 e. The number of halogens is 1. The summed E-state index contributed by atoms with van der Waals surface area (Å²) in [4.78, 5) is 25.8. The zero-order valence-corrected chi connectivity index (χ0v) is 25.4. The van der Waals surface area contributed by atoms with Crippen LogP contribution in [0.2, 0.25) is 0 Å². The minimum absolute atomic E-state index is 0.00136. The van der Waals surface area contributed by atoms with E-state index < -0.39 is 48.6 Å². The molecule has 0 saturated carbocycles. The highest BCUT2D eigenvalue weighted by molar-refractivity contribution is 7.42. The third-order valence-corrected chi connectivity index (χ3v) is 7.23. The molecule has 3 N–H and O–H groups in total. The standard InChI is InChI=1S/C25H36FN2O8P.C2H6/c1-14-12-28(22(30)27-21(14)29)10-9-18(33-8)25(31,32)36-37-34-13-15-19(26)16(23(2,3)4)11-17(20(15)35-37)24(5,6)7;1-2/h11-12,18,31-32H,9-10,13H2,1-8H3,(H,27,29,30);1-2H3. The third kappa shape index (κ3) is 7.74. The van der Waals surface area contributed by atoms with Gasteiger partial charge in [-0.25, -0.2) is 13.7 Å². The van der Waals surface area contributed by atoms with Gasteiger partial charge < -0.3 is 24.0 Å². The van der Waals surface area contributed by atoms with Crippen LogP contribution in [0.5, 0.6) is 5.75 Å². The summed E-state index contributed by atoms with van der Waals surface area (Å²) in [6.45, 7) is 17.0. The van der Waals surface area contributed by atoms with E-state index >= 15 is 4.39 Å². The Hall–Kier alpha value is -2.14. The van der Waals surface area contributed by atoms with Crippen LogP contribution >= 0.6 is 8.60 Å². The lowest BCUT2D eigenvalue weighted by Crippen LogP contribution is -2.46. The van der Waals surface area contributed by atoms with Gasteiger partial charge in [0.1, 0.15) is 17.7 Å².